The van der Waals surface area contributed by atoms with Crippen molar-refractivity contribution in [1.82, 2.24) is 20.0 Å². The minimum absolute atomic E-state index is 0.0106. The summed E-state index contributed by atoms with van der Waals surface area (Å²) in [6.07, 6.45) is 5.30. The second kappa shape index (κ2) is 9.95. The topological polar surface area (TPSA) is 104 Å². The fourth-order valence-corrected chi connectivity index (χ4v) is 5.90. The third-order valence-corrected chi connectivity index (χ3v) is 8.20. The molecule has 2 heterocycles. The highest BCUT2D eigenvalue weighted by Crippen LogP contribution is 2.29. The van der Waals surface area contributed by atoms with Crippen LogP contribution in [0.2, 0.25) is 0 Å². The van der Waals surface area contributed by atoms with E-state index < -0.39 is 10.0 Å². The summed E-state index contributed by atoms with van der Waals surface area (Å²) in [6, 6.07) is 1.76. The normalized spacial score (nSPS) is 16.8. The van der Waals surface area contributed by atoms with Crippen molar-refractivity contribution in [1.29, 1.82) is 0 Å². The van der Waals surface area contributed by atoms with E-state index in [1.54, 1.807) is 18.5 Å². The van der Waals surface area contributed by atoms with Gasteiger partial charge in [0.1, 0.15) is 0 Å². The van der Waals surface area contributed by atoms with Gasteiger partial charge in [-0.15, -0.1) is 0 Å². The van der Waals surface area contributed by atoms with Gasteiger partial charge < -0.3 is 10.2 Å². The number of carbonyl (C=O) groups is 1. The van der Waals surface area contributed by atoms with Crippen molar-refractivity contribution in [2.45, 2.75) is 64.8 Å². The molecule has 1 fully saturated rings. The zero-order chi connectivity index (χ0) is 23.5. The number of nitrogens with one attached hydrogen (secondary N) is 2. The second-order valence-electron chi connectivity index (χ2n) is 8.50. The first kappa shape index (κ1) is 24.1. The van der Waals surface area contributed by atoms with Gasteiger partial charge in [0.15, 0.2) is 0 Å². The number of piperidine rings is 1. The van der Waals surface area contributed by atoms with E-state index in [-0.39, 0.29) is 24.9 Å². The van der Waals surface area contributed by atoms with E-state index in [4.69, 9.17) is 0 Å². The molecule has 0 saturated carbocycles. The fraction of sp³-hybridized carbons (Fsp3) is 0.522. The minimum atomic E-state index is -3.71. The van der Waals surface area contributed by atoms with Gasteiger partial charge in [-0.3, -0.25) is 4.79 Å². The predicted octanol–water partition coefficient (Wildman–Crippen LogP) is 2.47. The summed E-state index contributed by atoms with van der Waals surface area (Å²) in [5.41, 5.74) is 4.59. The number of nitrogens with zero attached hydrogens (tertiary/aromatic N) is 3. The van der Waals surface area contributed by atoms with Crippen molar-refractivity contribution in [2.75, 3.05) is 24.5 Å². The van der Waals surface area contributed by atoms with Crippen molar-refractivity contribution in [3.05, 3.63) is 46.3 Å². The molecule has 174 valence electrons. The molecule has 0 radical (unpaired) electrons. The van der Waals surface area contributed by atoms with Crippen molar-refractivity contribution >= 4 is 21.9 Å². The predicted molar refractivity (Wildman–Crippen MR) is 125 cm³/mol. The lowest BCUT2D eigenvalue weighted by atomic mass is 9.95. The number of aromatic nitrogens is 2. The third-order valence-electron chi connectivity index (χ3n) is 6.47. The van der Waals surface area contributed by atoms with Crippen LogP contribution in [0.15, 0.2) is 23.4 Å². The van der Waals surface area contributed by atoms with E-state index in [9.17, 15) is 13.2 Å². The standard InChI is InChI=1S/C23H33N5O3S/c1-15-16(2)18(4)22(19(5)17(15)3)32(30,31)26-12-9-21(29)27-20-8-6-13-28(14-20)23-24-10-7-11-25-23/h7,10-11,20,26H,6,8-9,12-14H2,1-5H3,(H,27,29). The van der Waals surface area contributed by atoms with Crippen LogP contribution in [0.5, 0.6) is 0 Å². The second-order valence-corrected chi connectivity index (χ2v) is 10.2. The van der Waals surface area contributed by atoms with E-state index in [0.29, 0.717) is 17.4 Å². The first-order valence-electron chi connectivity index (χ1n) is 11.0. The molecule has 8 nitrogen and oxygen atoms in total. The maximum absolute atomic E-state index is 13.0. The van der Waals surface area contributed by atoms with Crippen LogP contribution in [0, 0.1) is 34.6 Å². The molecule has 9 heteroatoms. The van der Waals surface area contributed by atoms with Gasteiger partial charge in [0.05, 0.1) is 4.90 Å². The number of hydrogen-bond donors (Lipinski definition) is 2. The van der Waals surface area contributed by atoms with E-state index in [1.807, 2.05) is 34.6 Å². The lowest BCUT2D eigenvalue weighted by Crippen LogP contribution is -2.48. The van der Waals surface area contributed by atoms with Crippen molar-refractivity contribution < 1.29 is 13.2 Å². The Balaban J connectivity index is 1.57. The Bertz CT molecular complexity index is 1060. The summed E-state index contributed by atoms with van der Waals surface area (Å²) >= 11 is 0. The Morgan fingerprint density at radius 3 is 2.25 bits per heavy atom. The first-order valence-corrected chi connectivity index (χ1v) is 12.5. The highest BCUT2D eigenvalue weighted by atomic mass is 32.2. The Labute approximate surface area is 190 Å². The molecule has 1 aliphatic heterocycles. The zero-order valence-electron chi connectivity index (χ0n) is 19.5. The van der Waals surface area contributed by atoms with Crippen LogP contribution in [0.25, 0.3) is 0 Å². The number of carbonyl (C=O) groups excluding carboxylic acids is 1. The van der Waals surface area contributed by atoms with Crippen LogP contribution in [0.3, 0.4) is 0 Å². The van der Waals surface area contributed by atoms with Gasteiger partial charge >= 0.3 is 0 Å². The van der Waals surface area contributed by atoms with Crippen LogP contribution >= 0.6 is 0 Å². The van der Waals surface area contributed by atoms with E-state index in [1.165, 1.54) is 0 Å². The molecule has 1 aliphatic rings. The number of amides is 1. The SMILES string of the molecule is Cc1c(C)c(C)c(S(=O)(=O)NCCC(=O)NC2CCCN(c3ncccn3)C2)c(C)c1C. The molecular formula is C23H33N5O3S. The van der Waals surface area contributed by atoms with Gasteiger partial charge in [-0.25, -0.2) is 23.1 Å². The van der Waals surface area contributed by atoms with Crippen LogP contribution in [0.1, 0.15) is 47.1 Å². The van der Waals surface area contributed by atoms with Gasteiger partial charge in [0.25, 0.3) is 0 Å². The molecule has 2 N–H and O–H groups in total. The summed E-state index contributed by atoms with van der Waals surface area (Å²) in [7, 11) is -3.71. The summed E-state index contributed by atoms with van der Waals surface area (Å²) in [5.74, 6) is 0.492. The molecule has 1 atom stereocenters. The van der Waals surface area contributed by atoms with Crippen LogP contribution in [-0.4, -0.2) is 50.0 Å². The minimum Gasteiger partial charge on any atom is -0.352 e. The van der Waals surface area contributed by atoms with Gasteiger partial charge in [-0.05, 0) is 81.3 Å². The van der Waals surface area contributed by atoms with Gasteiger partial charge in [-0.1, -0.05) is 0 Å². The van der Waals surface area contributed by atoms with E-state index in [2.05, 4.69) is 24.9 Å². The third kappa shape index (κ3) is 5.27. The maximum atomic E-state index is 13.0. The Morgan fingerprint density at radius 2 is 1.62 bits per heavy atom. The molecule has 1 unspecified atom stereocenters. The van der Waals surface area contributed by atoms with Crippen molar-refractivity contribution in [3.8, 4) is 0 Å². The molecule has 0 bridgehead atoms. The summed E-state index contributed by atoms with van der Waals surface area (Å²) in [6.45, 7) is 11.1. The molecule has 0 aliphatic carbocycles. The monoisotopic (exact) mass is 459 g/mol. The quantitative estimate of drug-likeness (QED) is 0.659. The van der Waals surface area contributed by atoms with Gasteiger partial charge in [0.2, 0.25) is 21.9 Å². The lowest BCUT2D eigenvalue weighted by molar-refractivity contribution is -0.121. The Hall–Kier alpha value is -2.52. The molecule has 1 aromatic carbocycles. The highest BCUT2D eigenvalue weighted by molar-refractivity contribution is 7.89. The lowest BCUT2D eigenvalue weighted by Gasteiger charge is -2.33. The summed E-state index contributed by atoms with van der Waals surface area (Å²) in [5, 5.41) is 3.02. The van der Waals surface area contributed by atoms with Gasteiger partial charge in [-0.2, -0.15) is 0 Å². The number of benzene rings is 1. The average Bonchev–Trinajstić information content (AvgIpc) is 2.77. The van der Waals surface area contributed by atoms with Crippen molar-refractivity contribution in [2.24, 2.45) is 0 Å². The number of anilines is 1. The van der Waals surface area contributed by atoms with Crippen LogP contribution < -0.4 is 14.9 Å². The molecule has 0 spiro atoms. The zero-order valence-corrected chi connectivity index (χ0v) is 20.3. The summed E-state index contributed by atoms with van der Waals surface area (Å²) in [4.78, 5) is 23.4. The molecule has 3 rings (SSSR count). The first-order chi connectivity index (χ1) is 15.1. The largest absolute Gasteiger partial charge is 0.352 e. The van der Waals surface area contributed by atoms with Crippen molar-refractivity contribution in [3.63, 3.8) is 0 Å². The number of sulfonamides is 1. The molecule has 1 amide bonds. The Kier molecular flexibility index (Phi) is 7.51. The molecular weight excluding hydrogens is 426 g/mol. The van der Waals surface area contributed by atoms with Crippen LogP contribution in [-0.2, 0) is 14.8 Å². The van der Waals surface area contributed by atoms with Crippen LogP contribution in [0.4, 0.5) is 5.95 Å². The molecule has 1 saturated heterocycles. The molecule has 32 heavy (non-hydrogen) atoms. The molecule has 2 aromatic rings. The van der Waals surface area contributed by atoms with E-state index in [0.717, 1.165) is 47.2 Å². The molecule has 1 aromatic heterocycles. The van der Waals surface area contributed by atoms with E-state index >= 15 is 0 Å². The highest BCUT2D eigenvalue weighted by Gasteiger charge is 2.25. The fourth-order valence-electron chi connectivity index (χ4n) is 4.27. The summed E-state index contributed by atoms with van der Waals surface area (Å²) < 4.78 is 28.6. The number of rotatable bonds is 7. The Morgan fingerprint density at radius 1 is 1.03 bits per heavy atom. The number of hydrogen-bond acceptors (Lipinski definition) is 6. The maximum Gasteiger partial charge on any atom is 0.241 e. The average molecular weight is 460 g/mol. The smallest absolute Gasteiger partial charge is 0.241 e. The van der Waals surface area contributed by atoms with Gasteiger partial charge in [0, 0.05) is 44.5 Å².